The molecule has 1 atom stereocenters. The fourth-order valence-corrected chi connectivity index (χ4v) is 3.83. The van der Waals surface area contributed by atoms with E-state index < -0.39 is 0 Å². The van der Waals surface area contributed by atoms with Gasteiger partial charge in [-0.3, -0.25) is 4.79 Å². The molecule has 0 N–H and O–H groups in total. The number of rotatable bonds is 2. The molecule has 0 saturated carbocycles. The molecule has 1 unspecified atom stereocenters. The molecule has 1 saturated heterocycles. The smallest absolute Gasteiger partial charge is 0.276 e. The molecule has 1 fully saturated rings. The van der Waals surface area contributed by atoms with Crippen LogP contribution in [-0.4, -0.2) is 35.7 Å². The van der Waals surface area contributed by atoms with Gasteiger partial charge < -0.3 is 14.2 Å². The summed E-state index contributed by atoms with van der Waals surface area (Å²) in [6.07, 6.45) is 5.00. The summed E-state index contributed by atoms with van der Waals surface area (Å²) < 4.78 is 10.9. The molecule has 1 amide bonds. The van der Waals surface area contributed by atoms with Gasteiger partial charge >= 0.3 is 0 Å². The maximum atomic E-state index is 13.0. The molecule has 0 bridgehead atoms. The molecule has 24 heavy (non-hydrogen) atoms. The highest BCUT2D eigenvalue weighted by Gasteiger charge is 2.32. The zero-order valence-corrected chi connectivity index (χ0v) is 14.2. The number of hydrogen-bond acceptors (Lipinski definition) is 4. The Hall–Kier alpha value is -2.30. The predicted octanol–water partition coefficient (Wildman–Crippen LogP) is 3.46. The van der Waals surface area contributed by atoms with Gasteiger partial charge in [0.25, 0.3) is 5.91 Å². The molecule has 1 aromatic heterocycles. The predicted molar refractivity (Wildman–Crippen MR) is 90.2 cm³/mol. The van der Waals surface area contributed by atoms with E-state index in [1.807, 2.05) is 17.0 Å². The number of ether oxygens (including phenoxy) is 1. The number of piperidine rings is 1. The summed E-state index contributed by atoms with van der Waals surface area (Å²) in [5, 5.41) is 4.15. The fraction of sp³-hybridized carbons (Fsp3) is 0.474. The first-order chi connectivity index (χ1) is 11.7. The van der Waals surface area contributed by atoms with E-state index >= 15 is 0 Å². The van der Waals surface area contributed by atoms with Crippen molar-refractivity contribution in [2.45, 2.75) is 45.1 Å². The molecule has 5 heteroatoms. The number of carbonyl (C=O) groups is 1. The summed E-state index contributed by atoms with van der Waals surface area (Å²) in [4.78, 5) is 14.9. The lowest BCUT2D eigenvalue weighted by molar-refractivity contribution is 0.0624. The van der Waals surface area contributed by atoms with Gasteiger partial charge in [-0.05, 0) is 56.7 Å². The van der Waals surface area contributed by atoms with Crippen molar-refractivity contribution in [1.29, 1.82) is 0 Å². The Bertz CT molecular complexity index is 781. The maximum absolute atomic E-state index is 13.0. The van der Waals surface area contributed by atoms with E-state index in [2.05, 4.69) is 18.1 Å². The van der Waals surface area contributed by atoms with Gasteiger partial charge in [0.2, 0.25) is 0 Å². The highest BCUT2D eigenvalue weighted by Crippen LogP contribution is 2.38. The number of fused-ring (bicyclic) bond motifs is 3. The first kappa shape index (κ1) is 15.2. The van der Waals surface area contributed by atoms with E-state index in [1.54, 1.807) is 7.11 Å². The van der Waals surface area contributed by atoms with E-state index in [9.17, 15) is 4.79 Å². The fourth-order valence-electron chi connectivity index (χ4n) is 3.83. The number of nitrogens with zero attached hydrogens (tertiary/aromatic N) is 2. The van der Waals surface area contributed by atoms with E-state index in [1.165, 1.54) is 12.0 Å². The van der Waals surface area contributed by atoms with Crippen molar-refractivity contribution in [2.75, 3.05) is 13.7 Å². The van der Waals surface area contributed by atoms with E-state index in [4.69, 9.17) is 9.26 Å². The van der Waals surface area contributed by atoms with Crippen molar-refractivity contribution in [3.05, 3.63) is 35.0 Å². The highest BCUT2D eigenvalue weighted by atomic mass is 16.5. The lowest BCUT2D eigenvalue weighted by Crippen LogP contribution is -2.42. The number of methoxy groups -OCH3 is 1. The number of amides is 1. The van der Waals surface area contributed by atoms with Crippen LogP contribution in [0.5, 0.6) is 5.75 Å². The number of likely N-dealkylation sites (tertiary alicyclic amines) is 1. The van der Waals surface area contributed by atoms with Crippen LogP contribution in [0.15, 0.2) is 22.7 Å². The van der Waals surface area contributed by atoms with Crippen molar-refractivity contribution < 1.29 is 14.1 Å². The summed E-state index contributed by atoms with van der Waals surface area (Å²) in [5.41, 5.74) is 3.64. The van der Waals surface area contributed by atoms with Crippen LogP contribution >= 0.6 is 0 Å². The second kappa shape index (κ2) is 5.96. The summed E-state index contributed by atoms with van der Waals surface area (Å²) in [6, 6.07) is 6.26. The Morgan fingerprint density at radius 2 is 2.21 bits per heavy atom. The maximum Gasteiger partial charge on any atom is 0.276 e. The van der Waals surface area contributed by atoms with Gasteiger partial charge in [-0.2, -0.15) is 0 Å². The van der Waals surface area contributed by atoms with Gasteiger partial charge in [0.1, 0.15) is 5.75 Å². The van der Waals surface area contributed by atoms with Crippen molar-refractivity contribution in [2.24, 2.45) is 0 Å². The lowest BCUT2D eigenvalue weighted by atomic mass is 9.89. The molecule has 1 aliphatic carbocycles. The van der Waals surface area contributed by atoms with Crippen LogP contribution in [0.3, 0.4) is 0 Å². The molecule has 0 radical (unpaired) electrons. The monoisotopic (exact) mass is 326 g/mol. The van der Waals surface area contributed by atoms with Gasteiger partial charge in [0, 0.05) is 23.7 Å². The molecule has 2 heterocycles. The molecular formula is C19H22N2O3. The molecule has 2 aliphatic rings. The van der Waals surface area contributed by atoms with Gasteiger partial charge in [-0.25, -0.2) is 0 Å². The standard InChI is InChI=1S/C19H22N2O3/c1-12-5-3-4-10-21(12)19(22)17-15-9-7-13-6-8-14(23-2)11-16(13)18(15)24-20-17/h6,8,11-12H,3-5,7,9-10H2,1-2H3. The minimum Gasteiger partial charge on any atom is -0.497 e. The molecule has 4 rings (SSSR count). The second-order valence-corrected chi connectivity index (χ2v) is 6.71. The summed E-state index contributed by atoms with van der Waals surface area (Å²) in [6.45, 7) is 2.93. The minimum atomic E-state index is 0.0125. The molecule has 126 valence electrons. The van der Waals surface area contributed by atoms with Crippen LogP contribution in [0.25, 0.3) is 11.3 Å². The van der Waals surface area contributed by atoms with Crippen LogP contribution in [0, 0.1) is 0 Å². The van der Waals surface area contributed by atoms with Crippen molar-refractivity contribution in [3.8, 4) is 17.1 Å². The molecule has 0 spiro atoms. The number of aromatic nitrogens is 1. The lowest BCUT2D eigenvalue weighted by Gasteiger charge is -2.33. The Morgan fingerprint density at radius 1 is 1.33 bits per heavy atom. The molecular weight excluding hydrogens is 304 g/mol. The molecule has 1 aliphatic heterocycles. The van der Waals surface area contributed by atoms with Gasteiger partial charge in [0.05, 0.1) is 7.11 Å². The second-order valence-electron chi connectivity index (χ2n) is 6.71. The summed E-state index contributed by atoms with van der Waals surface area (Å²) in [7, 11) is 1.65. The van der Waals surface area contributed by atoms with Crippen LogP contribution in [-0.2, 0) is 12.8 Å². The van der Waals surface area contributed by atoms with Gasteiger partial charge in [-0.1, -0.05) is 11.2 Å². The Morgan fingerprint density at radius 3 is 3.00 bits per heavy atom. The van der Waals surface area contributed by atoms with E-state index in [0.717, 1.165) is 54.9 Å². The van der Waals surface area contributed by atoms with Crippen LogP contribution in [0.1, 0.15) is 47.8 Å². The molecule has 2 aromatic rings. The quantitative estimate of drug-likeness (QED) is 0.848. The number of aryl methyl sites for hydroxylation is 1. The van der Waals surface area contributed by atoms with Crippen LogP contribution in [0.2, 0.25) is 0 Å². The molecule has 5 nitrogen and oxygen atoms in total. The zero-order chi connectivity index (χ0) is 16.7. The first-order valence-electron chi connectivity index (χ1n) is 8.66. The zero-order valence-electron chi connectivity index (χ0n) is 14.2. The Kier molecular flexibility index (Phi) is 3.79. The third-order valence-corrected chi connectivity index (χ3v) is 5.26. The average Bonchev–Trinajstić information content (AvgIpc) is 3.05. The number of benzene rings is 1. The van der Waals surface area contributed by atoms with Crippen molar-refractivity contribution >= 4 is 5.91 Å². The third kappa shape index (κ3) is 2.39. The SMILES string of the molecule is COc1ccc2c(c1)-c1onc(C(=O)N3CCCCC3C)c1CC2. The number of hydrogen-bond donors (Lipinski definition) is 0. The largest absolute Gasteiger partial charge is 0.497 e. The van der Waals surface area contributed by atoms with Crippen LogP contribution in [0.4, 0.5) is 0 Å². The third-order valence-electron chi connectivity index (χ3n) is 5.26. The van der Waals surface area contributed by atoms with Crippen molar-refractivity contribution in [1.82, 2.24) is 10.1 Å². The highest BCUT2D eigenvalue weighted by molar-refractivity contribution is 5.96. The molecule has 1 aromatic carbocycles. The Labute approximate surface area is 141 Å². The minimum absolute atomic E-state index is 0.0125. The van der Waals surface area contributed by atoms with E-state index in [0.29, 0.717) is 5.69 Å². The number of carbonyl (C=O) groups excluding carboxylic acids is 1. The summed E-state index contributed by atoms with van der Waals surface area (Å²) >= 11 is 0. The normalized spacial score (nSPS) is 19.6. The van der Waals surface area contributed by atoms with Crippen molar-refractivity contribution in [3.63, 3.8) is 0 Å². The first-order valence-corrected chi connectivity index (χ1v) is 8.66. The Balaban J connectivity index is 1.71. The van der Waals surface area contributed by atoms with Crippen LogP contribution < -0.4 is 4.74 Å². The van der Waals surface area contributed by atoms with Gasteiger partial charge in [0.15, 0.2) is 11.5 Å². The van der Waals surface area contributed by atoms with Gasteiger partial charge in [-0.15, -0.1) is 0 Å². The average molecular weight is 326 g/mol. The van der Waals surface area contributed by atoms with E-state index in [-0.39, 0.29) is 11.9 Å². The summed E-state index contributed by atoms with van der Waals surface area (Å²) in [5.74, 6) is 1.53. The topological polar surface area (TPSA) is 55.6 Å².